The van der Waals surface area contributed by atoms with Crippen LogP contribution >= 0.6 is 11.3 Å². The predicted molar refractivity (Wildman–Crippen MR) is 285 cm³/mol. The Morgan fingerprint density at radius 3 is 1.57 bits per heavy atom. The minimum absolute atomic E-state index is 0.456. The van der Waals surface area contributed by atoms with E-state index in [0.29, 0.717) is 0 Å². The molecule has 0 bridgehead atoms. The van der Waals surface area contributed by atoms with E-state index in [-0.39, 0.29) is 0 Å². The molecule has 0 aliphatic heterocycles. The van der Waals surface area contributed by atoms with Gasteiger partial charge in [-0.05, 0) is 114 Å². The van der Waals surface area contributed by atoms with Crippen molar-refractivity contribution in [3.05, 3.63) is 283 Å². The van der Waals surface area contributed by atoms with Crippen molar-refractivity contribution in [2.75, 3.05) is 4.90 Å². The van der Waals surface area contributed by atoms with Crippen LogP contribution in [-0.4, -0.2) is 0 Å². The van der Waals surface area contributed by atoms with E-state index in [1.807, 2.05) is 11.3 Å². The monoisotopic (exact) mass is 869 g/mol. The molecule has 2 heteroatoms. The molecule has 0 fully saturated rings. The molecule has 1 heterocycles. The van der Waals surface area contributed by atoms with Crippen molar-refractivity contribution in [1.82, 2.24) is 0 Å². The molecule has 314 valence electrons. The van der Waals surface area contributed by atoms with Crippen molar-refractivity contribution in [1.29, 1.82) is 0 Å². The average molecular weight is 870 g/mol. The zero-order valence-electron chi connectivity index (χ0n) is 36.7. The Kier molecular flexibility index (Phi) is 9.33. The number of rotatable bonds is 8. The molecule has 0 amide bonds. The van der Waals surface area contributed by atoms with Crippen LogP contribution in [0.5, 0.6) is 0 Å². The van der Waals surface area contributed by atoms with Gasteiger partial charge in [0.1, 0.15) is 0 Å². The molecule has 1 aromatic heterocycles. The highest BCUT2D eigenvalue weighted by molar-refractivity contribution is 7.25. The lowest BCUT2D eigenvalue weighted by Gasteiger charge is -2.34. The third-order valence-electron chi connectivity index (χ3n) is 14.0. The molecule has 0 N–H and O–H groups in total. The molecule has 0 saturated heterocycles. The maximum absolute atomic E-state index is 2.43. The van der Waals surface area contributed by atoms with Gasteiger partial charge in [-0.15, -0.1) is 11.3 Å². The lowest BCUT2D eigenvalue weighted by Crippen LogP contribution is -2.28. The molecule has 1 nitrogen and oxygen atoms in total. The summed E-state index contributed by atoms with van der Waals surface area (Å²) in [5.41, 5.74) is 17.8. The topological polar surface area (TPSA) is 3.24 Å². The second-order valence-corrected chi connectivity index (χ2v) is 18.6. The summed E-state index contributed by atoms with van der Waals surface area (Å²) in [6.45, 7) is 0. The lowest BCUT2D eigenvalue weighted by molar-refractivity contribution is 0.768. The molecule has 1 aliphatic rings. The summed E-state index contributed by atoms with van der Waals surface area (Å²) in [6, 6.07) is 96.2. The number of thiophene rings is 1. The maximum atomic E-state index is 2.43. The van der Waals surface area contributed by atoms with Crippen LogP contribution in [0, 0.1) is 0 Å². The molecule has 13 rings (SSSR count). The smallest absolute Gasteiger partial charge is 0.0713 e. The zero-order chi connectivity index (χ0) is 44.3. The first-order chi connectivity index (χ1) is 33.2. The lowest BCUT2D eigenvalue weighted by atomic mass is 9.67. The third-order valence-corrected chi connectivity index (χ3v) is 15.1. The summed E-state index contributed by atoms with van der Waals surface area (Å²) >= 11 is 1.86. The molecular weight excluding hydrogens is 827 g/mol. The summed E-state index contributed by atoms with van der Waals surface area (Å²) in [4.78, 5) is 2.43. The maximum Gasteiger partial charge on any atom is 0.0713 e. The minimum Gasteiger partial charge on any atom is -0.310 e. The Morgan fingerprint density at radius 2 is 0.821 bits per heavy atom. The van der Waals surface area contributed by atoms with Gasteiger partial charge in [0.25, 0.3) is 0 Å². The normalized spacial score (nSPS) is 12.6. The number of hydrogen-bond acceptors (Lipinski definition) is 2. The van der Waals surface area contributed by atoms with Crippen LogP contribution in [0.2, 0.25) is 0 Å². The average Bonchev–Trinajstić information content (AvgIpc) is 3.93. The van der Waals surface area contributed by atoms with Gasteiger partial charge in [-0.2, -0.15) is 0 Å². The second-order valence-electron chi connectivity index (χ2n) is 17.5. The van der Waals surface area contributed by atoms with Crippen LogP contribution in [0.25, 0.3) is 75.5 Å². The van der Waals surface area contributed by atoms with Crippen LogP contribution < -0.4 is 4.90 Å². The molecular formula is C65H43NS. The molecule has 0 unspecified atom stereocenters. The highest BCUT2D eigenvalue weighted by Gasteiger charge is 2.46. The fourth-order valence-corrected chi connectivity index (χ4v) is 12.2. The van der Waals surface area contributed by atoms with Gasteiger partial charge in [0.2, 0.25) is 0 Å². The van der Waals surface area contributed by atoms with E-state index in [9.17, 15) is 0 Å². The Hall–Kier alpha value is -8.30. The van der Waals surface area contributed by atoms with E-state index in [1.54, 1.807) is 0 Å². The SMILES string of the molecule is c1ccc(C2(c3ccccc3)c3ccccc3-c3c(-c4ccc(N(c5ccc(-c6cccc7ccccc67)cc5)c5ccccc5-c5ccc6c(c5)sc5ccccc56)cc4)cccc32)cc1. The standard InChI is InChI=1S/C65H43NS/c1-3-19-48(20-4-1)65(49-21-5-2-6-22-49)59-29-12-9-26-58(59)64-55(28-16-30-60(64)65)46-35-40-51(41-36-46)66(50-38-33-45(34-39-50)53-27-15-18-44-17-7-8-23-52(44)53)61-31-13-10-24-54(61)47-37-42-57-56-25-11-14-32-62(56)67-63(57)43-47/h1-43H. The van der Waals surface area contributed by atoms with Crippen LogP contribution in [0.4, 0.5) is 17.1 Å². The minimum atomic E-state index is -0.456. The number of benzene rings is 11. The number of hydrogen-bond donors (Lipinski definition) is 0. The van der Waals surface area contributed by atoms with Crippen LogP contribution in [0.15, 0.2) is 261 Å². The van der Waals surface area contributed by atoms with E-state index in [4.69, 9.17) is 0 Å². The number of fused-ring (bicyclic) bond motifs is 7. The summed E-state index contributed by atoms with van der Waals surface area (Å²) in [5.74, 6) is 0. The highest BCUT2D eigenvalue weighted by Crippen LogP contribution is 2.58. The summed E-state index contributed by atoms with van der Waals surface area (Å²) in [6.07, 6.45) is 0. The first-order valence-electron chi connectivity index (χ1n) is 23.1. The fourth-order valence-electron chi connectivity index (χ4n) is 11.0. The Balaban J connectivity index is 0.965. The molecule has 1 aliphatic carbocycles. The quantitative estimate of drug-likeness (QED) is 0.147. The summed E-state index contributed by atoms with van der Waals surface area (Å²) < 4.78 is 2.61. The van der Waals surface area contributed by atoms with Crippen molar-refractivity contribution in [3.8, 4) is 44.5 Å². The van der Waals surface area contributed by atoms with Gasteiger partial charge >= 0.3 is 0 Å². The van der Waals surface area contributed by atoms with E-state index in [0.717, 1.165) is 17.1 Å². The highest BCUT2D eigenvalue weighted by atomic mass is 32.1. The first kappa shape index (κ1) is 39.1. The zero-order valence-corrected chi connectivity index (χ0v) is 37.5. The van der Waals surface area contributed by atoms with Crippen molar-refractivity contribution < 1.29 is 0 Å². The predicted octanol–water partition coefficient (Wildman–Crippen LogP) is 18.0. The van der Waals surface area contributed by atoms with Gasteiger partial charge in [0.15, 0.2) is 0 Å². The fraction of sp³-hybridized carbons (Fsp3) is 0.0154. The molecule has 0 saturated carbocycles. The van der Waals surface area contributed by atoms with Crippen LogP contribution in [-0.2, 0) is 5.41 Å². The van der Waals surface area contributed by atoms with E-state index >= 15 is 0 Å². The molecule has 0 spiro atoms. The van der Waals surface area contributed by atoms with Crippen molar-refractivity contribution >= 4 is 59.3 Å². The van der Waals surface area contributed by atoms with Crippen LogP contribution in [0.3, 0.4) is 0 Å². The number of anilines is 3. The van der Waals surface area contributed by atoms with Gasteiger partial charge in [-0.3, -0.25) is 0 Å². The van der Waals surface area contributed by atoms with Crippen LogP contribution in [0.1, 0.15) is 22.3 Å². The van der Waals surface area contributed by atoms with E-state index < -0.39 is 5.41 Å². The molecule has 11 aromatic carbocycles. The molecule has 0 radical (unpaired) electrons. The Labute approximate surface area is 395 Å². The second kappa shape index (κ2) is 16.0. The molecule has 67 heavy (non-hydrogen) atoms. The first-order valence-corrected chi connectivity index (χ1v) is 23.9. The van der Waals surface area contributed by atoms with Gasteiger partial charge in [-0.1, -0.05) is 218 Å². The van der Waals surface area contributed by atoms with Crippen molar-refractivity contribution in [2.45, 2.75) is 5.41 Å². The van der Waals surface area contributed by atoms with E-state index in [2.05, 4.69) is 266 Å². The number of para-hydroxylation sites is 1. The molecule has 0 atom stereocenters. The van der Waals surface area contributed by atoms with Crippen molar-refractivity contribution in [2.24, 2.45) is 0 Å². The van der Waals surface area contributed by atoms with Gasteiger partial charge in [-0.25, -0.2) is 0 Å². The van der Waals surface area contributed by atoms with Gasteiger partial charge in [0.05, 0.1) is 11.1 Å². The van der Waals surface area contributed by atoms with Gasteiger partial charge in [0, 0.05) is 37.1 Å². The Morgan fingerprint density at radius 1 is 0.313 bits per heavy atom. The third kappa shape index (κ3) is 6.29. The summed E-state index contributed by atoms with van der Waals surface area (Å²) in [7, 11) is 0. The van der Waals surface area contributed by atoms with Gasteiger partial charge < -0.3 is 4.90 Å². The number of nitrogens with zero attached hydrogens (tertiary/aromatic N) is 1. The largest absolute Gasteiger partial charge is 0.310 e. The van der Waals surface area contributed by atoms with Crippen molar-refractivity contribution in [3.63, 3.8) is 0 Å². The summed E-state index contributed by atoms with van der Waals surface area (Å²) in [5, 5.41) is 5.12. The van der Waals surface area contributed by atoms with E-state index in [1.165, 1.54) is 97.7 Å². The molecule has 12 aromatic rings. The Bertz CT molecular complexity index is 3750.